The lowest BCUT2D eigenvalue weighted by molar-refractivity contribution is 0.122. The summed E-state index contributed by atoms with van der Waals surface area (Å²) in [7, 11) is -0.189. The smallest absolute Gasteiger partial charge is 0.227 e. The number of rotatable bonds is 11. The maximum absolute atomic E-state index is 12.9. The number of imidazole rings is 1. The molecule has 0 amide bonds. The minimum absolute atomic E-state index is 0.0566. The highest BCUT2D eigenvalue weighted by Gasteiger charge is 2.29. The molecule has 1 rings (SSSR count). The predicted molar refractivity (Wildman–Crippen MR) is 103 cm³/mol. The van der Waals surface area contributed by atoms with Crippen molar-refractivity contribution >= 4 is 9.84 Å². The third kappa shape index (κ3) is 6.98. The Morgan fingerprint density at radius 2 is 1.81 bits per heavy atom. The van der Waals surface area contributed by atoms with E-state index in [1.807, 2.05) is 20.8 Å². The van der Waals surface area contributed by atoms with E-state index in [0.717, 1.165) is 12.2 Å². The maximum atomic E-state index is 12.9. The Morgan fingerprint density at radius 3 is 2.31 bits per heavy atom. The second-order valence-corrected chi connectivity index (χ2v) is 9.94. The fourth-order valence-electron chi connectivity index (χ4n) is 2.76. The van der Waals surface area contributed by atoms with Crippen LogP contribution in [0.5, 0.6) is 0 Å². The van der Waals surface area contributed by atoms with Gasteiger partial charge in [0.15, 0.2) is 0 Å². The normalized spacial score (nSPS) is 13.1. The monoisotopic (exact) mass is 389 g/mol. The van der Waals surface area contributed by atoms with Crippen molar-refractivity contribution in [3.8, 4) is 0 Å². The first-order valence-electron chi connectivity index (χ1n) is 9.01. The summed E-state index contributed by atoms with van der Waals surface area (Å²) in [5.74, 6) is 0.0566. The van der Waals surface area contributed by atoms with Gasteiger partial charge in [-0.1, -0.05) is 20.8 Å². The first-order valence-corrected chi connectivity index (χ1v) is 10.7. The van der Waals surface area contributed by atoms with Crippen LogP contribution in [0.1, 0.15) is 40.3 Å². The molecule has 152 valence electrons. The number of aromatic nitrogens is 2. The average Bonchev–Trinajstić information content (AvgIpc) is 2.90. The van der Waals surface area contributed by atoms with Crippen LogP contribution in [0.4, 0.5) is 0 Å². The topological polar surface area (TPSA) is 73.7 Å². The summed E-state index contributed by atoms with van der Waals surface area (Å²) in [4.78, 5) is 6.52. The van der Waals surface area contributed by atoms with Crippen LogP contribution < -0.4 is 0 Å². The predicted octanol–water partition coefficient (Wildman–Crippen LogP) is 2.21. The molecule has 0 aliphatic heterocycles. The SMILES string of the molecule is COCCN(Cc1cnc(S(=O)(=O)CC(C)(C)C)n1CCOC)C(C)C. The van der Waals surface area contributed by atoms with E-state index < -0.39 is 9.84 Å². The molecule has 0 radical (unpaired) electrons. The van der Waals surface area contributed by atoms with Gasteiger partial charge in [0.1, 0.15) is 0 Å². The number of hydrogen-bond donors (Lipinski definition) is 0. The Hall–Kier alpha value is -0.960. The zero-order valence-electron chi connectivity index (χ0n) is 17.3. The lowest BCUT2D eigenvalue weighted by atomic mass is 10.0. The van der Waals surface area contributed by atoms with E-state index in [2.05, 4.69) is 23.7 Å². The van der Waals surface area contributed by atoms with E-state index in [4.69, 9.17) is 9.47 Å². The molecule has 0 fully saturated rings. The van der Waals surface area contributed by atoms with Gasteiger partial charge in [0.05, 0.1) is 30.9 Å². The van der Waals surface area contributed by atoms with Gasteiger partial charge in [0.2, 0.25) is 15.0 Å². The van der Waals surface area contributed by atoms with Crippen LogP contribution in [-0.4, -0.2) is 68.6 Å². The van der Waals surface area contributed by atoms with E-state index in [9.17, 15) is 8.42 Å². The summed E-state index contributed by atoms with van der Waals surface area (Å²) >= 11 is 0. The standard InChI is InChI=1S/C18H35N3O4S/c1-15(2)20(8-10-24-6)13-16-12-19-17(21(16)9-11-25-7)26(22,23)14-18(3,4)5/h12,15H,8-11,13-14H2,1-7H3. The fraction of sp³-hybridized carbons (Fsp3) is 0.833. The average molecular weight is 390 g/mol. The van der Waals surface area contributed by atoms with E-state index in [-0.39, 0.29) is 16.3 Å². The van der Waals surface area contributed by atoms with Gasteiger partial charge in [-0.2, -0.15) is 0 Å². The number of nitrogens with zero attached hydrogens (tertiary/aromatic N) is 3. The molecule has 0 aliphatic rings. The van der Waals surface area contributed by atoms with Crippen molar-refractivity contribution in [2.45, 2.75) is 58.9 Å². The van der Waals surface area contributed by atoms with Gasteiger partial charge < -0.3 is 14.0 Å². The second-order valence-electron chi connectivity index (χ2n) is 8.05. The molecule has 0 bridgehead atoms. The molecule has 0 aromatic carbocycles. The molecule has 0 saturated carbocycles. The quantitative estimate of drug-likeness (QED) is 0.578. The van der Waals surface area contributed by atoms with E-state index in [0.29, 0.717) is 32.3 Å². The first kappa shape index (κ1) is 23.1. The second kappa shape index (κ2) is 9.82. The molecule has 1 aromatic heterocycles. The van der Waals surface area contributed by atoms with Crippen LogP contribution in [0, 0.1) is 5.41 Å². The van der Waals surface area contributed by atoms with Crippen molar-refractivity contribution in [3.63, 3.8) is 0 Å². The molecule has 0 spiro atoms. The summed E-state index contributed by atoms with van der Waals surface area (Å²) in [5.41, 5.74) is 0.541. The zero-order chi connectivity index (χ0) is 20.0. The highest BCUT2D eigenvalue weighted by Crippen LogP contribution is 2.23. The first-order chi connectivity index (χ1) is 12.0. The van der Waals surface area contributed by atoms with Crippen molar-refractivity contribution in [1.29, 1.82) is 0 Å². The van der Waals surface area contributed by atoms with Gasteiger partial charge >= 0.3 is 0 Å². The minimum atomic E-state index is -3.48. The Bertz CT molecular complexity index is 648. The van der Waals surface area contributed by atoms with Crippen LogP contribution >= 0.6 is 0 Å². The molecule has 0 atom stereocenters. The molecule has 7 nitrogen and oxygen atoms in total. The summed E-state index contributed by atoms with van der Waals surface area (Å²) in [6.07, 6.45) is 1.67. The Labute approximate surface area is 158 Å². The van der Waals surface area contributed by atoms with E-state index in [1.165, 1.54) is 0 Å². The Morgan fingerprint density at radius 1 is 1.19 bits per heavy atom. The van der Waals surface area contributed by atoms with Gasteiger partial charge in [0, 0.05) is 39.9 Å². The molecule has 26 heavy (non-hydrogen) atoms. The van der Waals surface area contributed by atoms with E-state index >= 15 is 0 Å². The highest BCUT2D eigenvalue weighted by molar-refractivity contribution is 7.91. The van der Waals surface area contributed by atoms with Crippen molar-refractivity contribution in [2.24, 2.45) is 5.41 Å². The van der Waals surface area contributed by atoms with Gasteiger partial charge in [-0.15, -0.1) is 0 Å². The third-order valence-corrected chi connectivity index (χ3v) is 6.13. The summed E-state index contributed by atoms with van der Waals surface area (Å²) in [5, 5.41) is 0.134. The number of sulfone groups is 1. The van der Waals surface area contributed by atoms with Crippen LogP contribution in [-0.2, 0) is 32.4 Å². The summed E-state index contributed by atoms with van der Waals surface area (Å²) in [6.45, 7) is 12.9. The van der Waals surface area contributed by atoms with Gasteiger partial charge in [-0.3, -0.25) is 4.90 Å². The minimum Gasteiger partial charge on any atom is -0.383 e. The molecule has 0 saturated heterocycles. The maximum Gasteiger partial charge on any atom is 0.227 e. The molecule has 8 heteroatoms. The molecular formula is C18H35N3O4S. The number of ether oxygens (including phenoxy) is 2. The molecule has 0 aliphatic carbocycles. The van der Waals surface area contributed by atoms with Gasteiger partial charge in [-0.25, -0.2) is 13.4 Å². The van der Waals surface area contributed by atoms with E-state index in [1.54, 1.807) is 25.0 Å². The summed E-state index contributed by atoms with van der Waals surface area (Å²) in [6, 6.07) is 0.311. The number of methoxy groups -OCH3 is 2. The Kier molecular flexibility index (Phi) is 8.72. The van der Waals surface area contributed by atoms with Gasteiger partial charge in [0.25, 0.3) is 0 Å². The van der Waals surface area contributed by atoms with Crippen molar-refractivity contribution in [1.82, 2.24) is 14.5 Å². The third-order valence-electron chi connectivity index (χ3n) is 4.00. The lowest BCUT2D eigenvalue weighted by Crippen LogP contribution is -2.34. The lowest BCUT2D eigenvalue weighted by Gasteiger charge is -2.26. The Balaban J connectivity index is 3.19. The van der Waals surface area contributed by atoms with Crippen LogP contribution in [0.3, 0.4) is 0 Å². The molecule has 0 unspecified atom stereocenters. The van der Waals surface area contributed by atoms with Crippen LogP contribution in [0.25, 0.3) is 0 Å². The van der Waals surface area contributed by atoms with Crippen LogP contribution in [0.2, 0.25) is 0 Å². The summed E-state index contributed by atoms with van der Waals surface area (Å²) < 4.78 is 37.9. The van der Waals surface area contributed by atoms with Gasteiger partial charge in [-0.05, 0) is 19.3 Å². The van der Waals surface area contributed by atoms with Crippen molar-refractivity contribution in [2.75, 3.05) is 39.7 Å². The zero-order valence-corrected chi connectivity index (χ0v) is 18.1. The molecule has 1 heterocycles. The molecule has 1 aromatic rings. The van der Waals surface area contributed by atoms with Crippen molar-refractivity contribution < 1.29 is 17.9 Å². The molecule has 0 N–H and O–H groups in total. The highest BCUT2D eigenvalue weighted by atomic mass is 32.2. The van der Waals surface area contributed by atoms with Crippen LogP contribution in [0.15, 0.2) is 11.4 Å². The van der Waals surface area contributed by atoms with Crippen molar-refractivity contribution in [3.05, 3.63) is 11.9 Å². The molecular weight excluding hydrogens is 354 g/mol. The largest absolute Gasteiger partial charge is 0.383 e. The fourth-order valence-corrected chi connectivity index (χ4v) is 4.79. The number of hydrogen-bond acceptors (Lipinski definition) is 6.